The summed E-state index contributed by atoms with van der Waals surface area (Å²) in [5, 5.41) is 0. The van der Waals surface area contributed by atoms with Gasteiger partial charge in [-0.1, -0.05) is 0 Å². The van der Waals surface area contributed by atoms with Crippen molar-refractivity contribution in [1.29, 1.82) is 0 Å². The maximum Gasteiger partial charge on any atom is 0.315 e. The molecule has 0 atom stereocenters. The van der Waals surface area contributed by atoms with Crippen molar-refractivity contribution < 1.29 is 13.7 Å². The average molecular weight is 208 g/mol. The van der Waals surface area contributed by atoms with Crippen LogP contribution in [0.3, 0.4) is 0 Å². The van der Waals surface area contributed by atoms with Crippen LogP contribution in [0.25, 0.3) is 0 Å². The molecule has 3 nitrogen and oxygen atoms in total. The quantitative estimate of drug-likeness (QED) is 0.451. The lowest BCUT2D eigenvalue weighted by Gasteiger charge is -2.19. The van der Waals surface area contributed by atoms with Crippen molar-refractivity contribution in [1.82, 2.24) is 0 Å². The average Bonchev–Trinajstić information content (AvgIpc) is 1.79. The molecular formula is C7H12O3S2. The molecule has 0 radical (unpaired) electrons. The Balaban J connectivity index is 3.68. The molecule has 0 saturated heterocycles. The third-order valence-electron chi connectivity index (χ3n) is 0.617. The molecule has 0 fully saturated rings. The topological polar surface area (TPSA) is 35.5 Å². The van der Waals surface area contributed by atoms with Gasteiger partial charge in [0.1, 0.15) is 17.6 Å². The number of hydrogen-bond donors (Lipinski definition) is 0. The number of carbonyl (C=O) groups excluding carboxylic acids is 1. The van der Waals surface area contributed by atoms with Gasteiger partial charge in [0.25, 0.3) is 4.38 Å². The molecule has 0 N–H and O–H groups in total. The van der Waals surface area contributed by atoms with Gasteiger partial charge in [0.05, 0.1) is 0 Å². The molecule has 0 heterocycles. The Hall–Kier alpha value is -0.290. The second kappa shape index (κ2) is 4.67. The summed E-state index contributed by atoms with van der Waals surface area (Å²) in [6, 6.07) is 0. The molecule has 0 aliphatic carbocycles. The van der Waals surface area contributed by atoms with E-state index in [-0.39, 0.29) is 16.0 Å². The van der Waals surface area contributed by atoms with Gasteiger partial charge < -0.3 is 8.92 Å². The minimum absolute atomic E-state index is 0.220. The van der Waals surface area contributed by atoms with Crippen molar-refractivity contribution >= 4 is 34.6 Å². The molecule has 0 rings (SSSR count). The number of ether oxygens (including phenoxy) is 1. The van der Waals surface area contributed by atoms with Crippen molar-refractivity contribution in [2.75, 3.05) is 0 Å². The fourth-order valence-corrected chi connectivity index (χ4v) is 1.18. The Bertz CT molecular complexity index is 184. The molecule has 0 aliphatic heterocycles. The summed E-state index contributed by atoms with van der Waals surface area (Å²) in [5.41, 5.74) is -0.343. The summed E-state index contributed by atoms with van der Waals surface area (Å²) in [4.78, 5) is 10.4. The fraction of sp³-hybridized carbons (Fsp3) is 0.714. The van der Waals surface area contributed by atoms with Gasteiger partial charge >= 0.3 is 5.97 Å². The summed E-state index contributed by atoms with van der Waals surface area (Å²) in [6.07, 6.45) is 0. The molecule has 5 heteroatoms. The zero-order valence-electron chi connectivity index (χ0n) is 7.54. The van der Waals surface area contributed by atoms with Gasteiger partial charge in [0, 0.05) is 6.92 Å². The second-order valence-corrected chi connectivity index (χ2v) is 4.46. The third-order valence-corrected chi connectivity index (χ3v) is 1.44. The lowest BCUT2D eigenvalue weighted by atomic mass is 10.2. The highest BCUT2D eigenvalue weighted by atomic mass is 32.2. The van der Waals surface area contributed by atoms with Crippen LogP contribution in [0.2, 0.25) is 0 Å². The Kier molecular flexibility index (Phi) is 4.55. The molecule has 0 aromatic heterocycles. The van der Waals surface area contributed by atoms with E-state index in [0.717, 1.165) is 12.0 Å². The molecule has 0 saturated carbocycles. The zero-order valence-corrected chi connectivity index (χ0v) is 9.17. The van der Waals surface area contributed by atoms with E-state index in [0.29, 0.717) is 0 Å². The smallest absolute Gasteiger partial charge is 0.315 e. The number of thiocarbonyl (C=S) groups is 1. The lowest BCUT2D eigenvalue weighted by Crippen LogP contribution is -2.21. The molecule has 0 spiro atoms. The van der Waals surface area contributed by atoms with Gasteiger partial charge in [0.2, 0.25) is 0 Å². The van der Waals surface area contributed by atoms with E-state index in [4.69, 9.17) is 17.0 Å². The molecule has 0 bridgehead atoms. The predicted octanol–water partition coefficient (Wildman–Crippen LogP) is 2.30. The van der Waals surface area contributed by atoms with Crippen LogP contribution < -0.4 is 0 Å². The molecule has 0 aliphatic rings. The standard InChI is InChI=1S/C7H12O3S2/c1-5(8)10-12-6(11)9-7(2,3)4/h1-4H3. The summed E-state index contributed by atoms with van der Waals surface area (Å²) in [6.45, 7) is 6.92. The lowest BCUT2D eigenvalue weighted by molar-refractivity contribution is -0.130. The maximum atomic E-state index is 10.4. The van der Waals surface area contributed by atoms with Gasteiger partial charge in [-0.05, 0) is 33.0 Å². The van der Waals surface area contributed by atoms with Crippen LogP contribution in [0, 0.1) is 0 Å². The Labute approximate surface area is 82.0 Å². The highest BCUT2D eigenvalue weighted by Crippen LogP contribution is 2.15. The van der Waals surface area contributed by atoms with Crippen molar-refractivity contribution in [3.05, 3.63) is 0 Å². The largest absolute Gasteiger partial charge is 0.471 e. The highest BCUT2D eigenvalue weighted by Gasteiger charge is 2.15. The first-order valence-corrected chi connectivity index (χ1v) is 4.54. The van der Waals surface area contributed by atoms with E-state index in [1.54, 1.807) is 0 Å². The first-order valence-electron chi connectivity index (χ1n) is 3.39. The minimum Gasteiger partial charge on any atom is -0.471 e. The van der Waals surface area contributed by atoms with Crippen LogP contribution in [0.5, 0.6) is 0 Å². The van der Waals surface area contributed by atoms with Gasteiger partial charge in [-0.25, -0.2) is 0 Å². The monoisotopic (exact) mass is 208 g/mol. The van der Waals surface area contributed by atoms with Crippen LogP contribution in [-0.2, 0) is 13.7 Å². The van der Waals surface area contributed by atoms with Gasteiger partial charge in [-0.2, -0.15) is 0 Å². The predicted molar refractivity (Wildman–Crippen MR) is 52.8 cm³/mol. The maximum absolute atomic E-state index is 10.4. The van der Waals surface area contributed by atoms with Gasteiger partial charge in [-0.15, -0.1) is 0 Å². The highest BCUT2D eigenvalue weighted by molar-refractivity contribution is 8.19. The molecule has 0 amide bonds. The summed E-state index contributed by atoms with van der Waals surface area (Å²) in [5.74, 6) is -0.389. The first kappa shape index (κ1) is 11.7. The number of rotatable bonds is 0. The Morgan fingerprint density at radius 3 is 2.25 bits per heavy atom. The number of hydrogen-bond acceptors (Lipinski definition) is 5. The minimum atomic E-state index is -0.389. The Morgan fingerprint density at radius 1 is 1.42 bits per heavy atom. The molecular weight excluding hydrogens is 196 g/mol. The summed E-state index contributed by atoms with van der Waals surface area (Å²) in [7, 11) is 0. The number of carbonyl (C=O) groups is 1. The van der Waals surface area contributed by atoms with Crippen molar-refractivity contribution in [2.45, 2.75) is 33.3 Å². The van der Waals surface area contributed by atoms with Crippen molar-refractivity contribution in [3.8, 4) is 0 Å². The van der Waals surface area contributed by atoms with Crippen LogP contribution in [0.15, 0.2) is 0 Å². The van der Waals surface area contributed by atoms with Crippen LogP contribution in [0.4, 0.5) is 0 Å². The zero-order chi connectivity index (χ0) is 9.78. The van der Waals surface area contributed by atoms with E-state index in [1.165, 1.54) is 6.92 Å². The molecule has 0 aromatic carbocycles. The van der Waals surface area contributed by atoms with Crippen LogP contribution in [-0.4, -0.2) is 16.0 Å². The van der Waals surface area contributed by atoms with Crippen LogP contribution in [0.1, 0.15) is 27.7 Å². The van der Waals surface area contributed by atoms with E-state index in [2.05, 4.69) is 4.18 Å². The molecule has 70 valence electrons. The Morgan fingerprint density at radius 2 is 1.92 bits per heavy atom. The summed E-state index contributed by atoms with van der Waals surface area (Å²) >= 11 is 5.56. The third kappa shape index (κ3) is 7.81. The summed E-state index contributed by atoms with van der Waals surface area (Å²) < 4.78 is 9.99. The normalized spacial score (nSPS) is 10.7. The SMILES string of the molecule is CC(=O)OSC(=S)OC(C)(C)C. The molecule has 12 heavy (non-hydrogen) atoms. The van der Waals surface area contributed by atoms with Crippen molar-refractivity contribution in [2.24, 2.45) is 0 Å². The van der Waals surface area contributed by atoms with Crippen molar-refractivity contribution in [3.63, 3.8) is 0 Å². The second-order valence-electron chi connectivity index (χ2n) is 3.12. The van der Waals surface area contributed by atoms with E-state index in [1.807, 2.05) is 20.8 Å². The molecule has 0 aromatic rings. The van der Waals surface area contributed by atoms with E-state index < -0.39 is 0 Å². The first-order chi connectivity index (χ1) is 5.31. The van der Waals surface area contributed by atoms with E-state index in [9.17, 15) is 4.79 Å². The van der Waals surface area contributed by atoms with Gasteiger partial charge in [0.15, 0.2) is 0 Å². The molecule has 0 unspecified atom stereocenters. The van der Waals surface area contributed by atoms with Gasteiger partial charge in [-0.3, -0.25) is 4.79 Å². The van der Waals surface area contributed by atoms with Crippen LogP contribution >= 0.6 is 24.3 Å². The fourth-order valence-electron chi connectivity index (χ4n) is 0.360. The van der Waals surface area contributed by atoms with E-state index >= 15 is 0 Å².